The molecule has 2 rings (SSSR count). The van der Waals surface area contributed by atoms with Gasteiger partial charge >= 0.3 is 5.97 Å². The molecule has 1 aromatic heterocycles. The summed E-state index contributed by atoms with van der Waals surface area (Å²) in [6.07, 6.45) is 1.46. The van der Waals surface area contributed by atoms with Crippen molar-refractivity contribution in [2.75, 3.05) is 12.8 Å². The summed E-state index contributed by atoms with van der Waals surface area (Å²) in [5.74, 6) is -0.0413. The van der Waals surface area contributed by atoms with Gasteiger partial charge in [-0.3, -0.25) is 4.79 Å². The number of sulfonamides is 1. The van der Waals surface area contributed by atoms with Crippen LogP contribution in [-0.4, -0.2) is 51.4 Å². The molecule has 1 N–H and O–H groups in total. The fourth-order valence-corrected chi connectivity index (χ4v) is 3.05. The maximum atomic E-state index is 11.9. The standard InChI is InChI=1S/C10H16N4O4S/c1-13(19(17,18)6-4-10(15)16)7-9-12-11-8-3-2-5-14(8)9/h2-7H2,1H3,(H,15,16). The van der Waals surface area contributed by atoms with Gasteiger partial charge in [0.2, 0.25) is 10.0 Å². The van der Waals surface area contributed by atoms with Gasteiger partial charge in [-0.2, -0.15) is 4.31 Å². The SMILES string of the molecule is CN(Cc1nnc2n1CCC2)S(=O)(=O)CCC(=O)O. The molecule has 9 heteroatoms. The van der Waals surface area contributed by atoms with Crippen LogP contribution in [0.5, 0.6) is 0 Å². The smallest absolute Gasteiger partial charge is 0.304 e. The van der Waals surface area contributed by atoms with Gasteiger partial charge in [0.25, 0.3) is 0 Å². The Morgan fingerprint density at radius 1 is 1.47 bits per heavy atom. The van der Waals surface area contributed by atoms with Gasteiger partial charge in [-0.25, -0.2) is 8.42 Å². The number of aryl methyl sites for hydroxylation is 1. The van der Waals surface area contributed by atoms with E-state index >= 15 is 0 Å². The highest BCUT2D eigenvalue weighted by Crippen LogP contribution is 2.16. The summed E-state index contributed by atoms with van der Waals surface area (Å²) < 4.78 is 26.8. The lowest BCUT2D eigenvalue weighted by atomic mass is 10.4. The van der Waals surface area contributed by atoms with Crippen LogP contribution in [-0.2, 0) is 34.3 Å². The molecule has 0 radical (unpaired) electrons. The number of hydrogen-bond acceptors (Lipinski definition) is 5. The molecular formula is C10H16N4O4S. The van der Waals surface area contributed by atoms with Crippen LogP contribution in [0.1, 0.15) is 24.5 Å². The van der Waals surface area contributed by atoms with Crippen molar-refractivity contribution in [2.24, 2.45) is 0 Å². The number of fused-ring (bicyclic) bond motifs is 1. The van der Waals surface area contributed by atoms with E-state index in [4.69, 9.17) is 5.11 Å². The van der Waals surface area contributed by atoms with Crippen LogP contribution in [0.3, 0.4) is 0 Å². The van der Waals surface area contributed by atoms with Gasteiger partial charge in [0.15, 0.2) is 0 Å². The van der Waals surface area contributed by atoms with Crippen molar-refractivity contribution in [1.29, 1.82) is 0 Å². The Bertz CT molecular complexity index is 580. The third kappa shape index (κ3) is 3.10. The maximum Gasteiger partial charge on any atom is 0.304 e. The average molecular weight is 288 g/mol. The maximum absolute atomic E-state index is 11.9. The van der Waals surface area contributed by atoms with E-state index in [-0.39, 0.29) is 6.54 Å². The predicted octanol–water partition coefficient (Wildman–Crippen LogP) is -0.539. The molecule has 0 spiro atoms. The first kappa shape index (κ1) is 13.9. The molecule has 1 aliphatic heterocycles. The van der Waals surface area contributed by atoms with E-state index in [0.717, 1.165) is 29.5 Å². The van der Waals surface area contributed by atoms with Gasteiger partial charge in [0.1, 0.15) is 11.6 Å². The minimum atomic E-state index is -3.58. The van der Waals surface area contributed by atoms with E-state index in [1.165, 1.54) is 7.05 Å². The summed E-state index contributed by atoms with van der Waals surface area (Å²) in [5.41, 5.74) is 0. The van der Waals surface area contributed by atoms with Crippen molar-refractivity contribution in [3.8, 4) is 0 Å². The largest absolute Gasteiger partial charge is 0.481 e. The Morgan fingerprint density at radius 3 is 2.89 bits per heavy atom. The predicted molar refractivity (Wildman–Crippen MR) is 65.8 cm³/mol. The normalized spacial score (nSPS) is 14.8. The molecule has 0 atom stereocenters. The molecule has 0 saturated heterocycles. The van der Waals surface area contributed by atoms with E-state index in [0.29, 0.717) is 5.82 Å². The van der Waals surface area contributed by atoms with Gasteiger partial charge in [-0.05, 0) is 6.42 Å². The van der Waals surface area contributed by atoms with Crippen LogP contribution in [0.15, 0.2) is 0 Å². The van der Waals surface area contributed by atoms with Crippen molar-refractivity contribution >= 4 is 16.0 Å². The van der Waals surface area contributed by atoms with Gasteiger partial charge in [-0.1, -0.05) is 0 Å². The highest BCUT2D eigenvalue weighted by Gasteiger charge is 2.24. The van der Waals surface area contributed by atoms with Crippen molar-refractivity contribution in [3.05, 3.63) is 11.6 Å². The van der Waals surface area contributed by atoms with Gasteiger partial charge in [-0.15, -0.1) is 10.2 Å². The van der Waals surface area contributed by atoms with Crippen LogP contribution in [0, 0.1) is 0 Å². The van der Waals surface area contributed by atoms with Gasteiger partial charge in [0.05, 0.1) is 18.7 Å². The molecule has 0 saturated carbocycles. The minimum absolute atomic E-state index is 0.120. The first-order valence-electron chi connectivity index (χ1n) is 5.97. The van der Waals surface area contributed by atoms with Crippen molar-refractivity contribution in [1.82, 2.24) is 19.1 Å². The van der Waals surface area contributed by atoms with E-state index in [1.807, 2.05) is 4.57 Å². The zero-order valence-corrected chi connectivity index (χ0v) is 11.4. The number of aliphatic carboxylic acids is 1. The lowest BCUT2D eigenvalue weighted by molar-refractivity contribution is -0.136. The van der Waals surface area contributed by atoms with Crippen LogP contribution < -0.4 is 0 Å². The summed E-state index contributed by atoms with van der Waals surface area (Å²) in [6, 6.07) is 0. The average Bonchev–Trinajstić information content (AvgIpc) is 2.91. The molecule has 2 heterocycles. The second-order valence-corrected chi connectivity index (χ2v) is 6.70. The quantitative estimate of drug-likeness (QED) is 0.753. The first-order chi connectivity index (χ1) is 8.90. The first-order valence-corrected chi connectivity index (χ1v) is 7.58. The number of nitrogens with zero attached hydrogens (tertiary/aromatic N) is 4. The lowest BCUT2D eigenvalue weighted by Gasteiger charge is -2.16. The molecule has 1 aliphatic rings. The number of carboxylic acid groups (broad SMARTS) is 1. The zero-order chi connectivity index (χ0) is 14.0. The number of carboxylic acids is 1. The van der Waals surface area contributed by atoms with E-state index in [9.17, 15) is 13.2 Å². The fraction of sp³-hybridized carbons (Fsp3) is 0.700. The molecule has 0 unspecified atom stereocenters. The Hall–Kier alpha value is -1.48. The highest BCUT2D eigenvalue weighted by molar-refractivity contribution is 7.89. The Kier molecular flexibility index (Phi) is 3.85. The zero-order valence-electron chi connectivity index (χ0n) is 10.6. The molecule has 0 bridgehead atoms. The topological polar surface area (TPSA) is 105 Å². The number of aromatic nitrogens is 3. The molecular weight excluding hydrogens is 272 g/mol. The Morgan fingerprint density at radius 2 is 2.21 bits per heavy atom. The molecule has 0 aliphatic carbocycles. The number of rotatable bonds is 6. The monoisotopic (exact) mass is 288 g/mol. The van der Waals surface area contributed by atoms with Gasteiger partial charge in [0, 0.05) is 20.0 Å². The van der Waals surface area contributed by atoms with Crippen LogP contribution in [0.2, 0.25) is 0 Å². The summed E-state index contributed by atoms with van der Waals surface area (Å²) in [4.78, 5) is 10.4. The Labute approximate surface area is 111 Å². The van der Waals surface area contributed by atoms with Gasteiger partial charge < -0.3 is 9.67 Å². The number of hydrogen-bond donors (Lipinski definition) is 1. The van der Waals surface area contributed by atoms with E-state index in [2.05, 4.69) is 10.2 Å². The summed E-state index contributed by atoms with van der Waals surface area (Å²) in [6.45, 7) is 0.926. The molecule has 8 nitrogen and oxygen atoms in total. The second-order valence-electron chi connectivity index (χ2n) is 4.50. The second kappa shape index (κ2) is 5.25. The molecule has 1 aromatic rings. The third-order valence-corrected chi connectivity index (χ3v) is 4.90. The van der Waals surface area contributed by atoms with Crippen LogP contribution in [0.4, 0.5) is 0 Å². The summed E-state index contributed by atoms with van der Waals surface area (Å²) in [5, 5.41) is 16.5. The van der Waals surface area contributed by atoms with E-state index in [1.54, 1.807) is 0 Å². The molecule has 106 valence electrons. The summed E-state index contributed by atoms with van der Waals surface area (Å²) >= 11 is 0. The van der Waals surface area contributed by atoms with Crippen molar-refractivity contribution < 1.29 is 18.3 Å². The molecule has 0 aromatic carbocycles. The summed E-state index contributed by atoms with van der Waals surface area (Å²) in [7, 11) is -2.15. The lowest BCUT2D eigenvalue weighted by Crippen LogP contribution is -2.30. The fourth-order valence-electron chi connectivity index (χ4n) is 2.00. The molecule has 0 fully saturated rings. The third-order valence-electron chi connectivity index (χ3n) is 3.10. The van der Waals surface area contributed by atoms with Crippen LogP contribution >= 0.6 is 0 Å². The van der Waals surface area contributed by atoms with Crippen molar-refractivity contribution in [3.63, 3.8) is 0 Å². The number of carbonyl (C=O) groups is 1. The van der Waals surface area contributed by atoms with E-state index < -0.39 is 28.2 Å². The van der Waals surface area contributed by atoms with Crippen molar-refractivity contribution in [2.45, 2.75) is 32.4 Å². The molecule has 19 heavy (non-hydrogen) atoms. The molecule has 0 amide bonds. The van der Waals surface area contributed by atoms with Crippen LogP contribution in [0.25, 0.3) is 0 Å². The minimum Gasteiger partial charge on any atom is -0.481 e. The Balaban J connectivity index is 2.04. The highest BCUT2D eigenvalue weighted by atomic mass is 32.2.